The number of para-hydroxylation sites is 1. The Morgan fingerprint density at radius 1 is 1.35 bits per heavy atom. The fraction of sp³-hybridized carbons (Fsp3) is 0.412. The molecule has 6 heteroatoms. The summed E-state index contributed by atoms with van der Waals surface area (Å²) in [4.78, 5) is 25.5. The van der Waals surface area contributed by atoms with Gasteiger partial charge in [-0.05, 0) is 31.4 Å². The number of ether oxygens (including phenoxy) is 2. The maximum absolute atomic E-state index is 12.7. The molecule has 122 valence electrons. The molecule has 0 radical (unpaired) electrons. The summed E-state index contributed by atoms with van der Waals surface area (Å²) in [5.74, 6) is 0.0228. The van der Waals surface area contributed by atoms with Gasteiger partial charge in [-0.15, -0.1) is 0 Å². The number of benzene rings is 1. The average Bonchev–Trinajstić information content (AvgIpc) is 2.60. The number of rotatable bonds is 3. The van der Waals surface area contributed by atoms with E-state index >= 15 is 0 Å². The molecule has 23 heavy (non-hydrogen) atoms. The van der Waals surface area contributed by atoms with Crippen molar-refractivity contribution in [2.24, 2.45) is 0 Å². The molecule has 0 aromatic heterocycles. The summed E-state index contributed by atoms with van der Waals surface area (Å²) in [6.45, 7) is 0.590. The second-order valence-corrected chi connectivity index (χ2v) is 5.69. The van der Waals surface area contributed by atoms with E-state index in [2.05, 4.69) is 0 Å². The van der Waals surface area contributed by atoms with Gasteiger partial charge in [0.15, 0.2) is 11.5 Å². The number of fused-ring (bicyclic) bond motifs is 1. The molecule has 0 saturated carbocycles. The van der Waals surface area contributed by atoms with Gasteiger partial charge in [0, 0.05) is 12.1 Å². The van der Waals surface area contributed by atoms with Gasteiger partial charge < -0.3 is 19.5 Å². The molecule has 1 amide bonds. The molecule has 1 saturated heterocycles. The molecule has 1 aromatic rings. The van der Waals surface area contributed by atoms with Crippen LogP contribution in [0.15, 0.2) is 23.8 Å². The van der Waals surface area contributed by atoms with Gasteiger partial charge in [0.2, 0.25) is 0 Å². The summed E-state index contributed by atoms with van der Waals surface area (Å²) in [7, 11) is 1.56. The number of aliphatic carboxylic acids is 1. The third-order valence-electron chi connectivity index (χ3n) is 4.25. The van der Waals surface area contributed by atoms with Crippen molar-refractivity contribution in [2.75, 3.05) is 20.3 Å². The summed E-state index contributed by atoms with van der Waals surface area (Å²) in [5.41, 5.74) is 1.24. The molecule has 0 aliphatic carbocycles. The highest BCUT2D eigenvalue weighted by atomic mass is 16.5. The molecule has 6 nitrogen and oxygen atoms in total. The number of methoxy groups -OCH3 is 1. The molecule has 1 atom stereocenters. The van der Waals surface area contributed by atoms with E-state index in [1.807, 2.05) is 12.1 Å². The van der Waals surface area contributed by atoms with E-state index in [0.717, 1.165) is 18.4 Å². The Balaban J connectivity index is 1.88. The van der Waals surface area contributed by atoms with E-state index in [4.69, 9.17) is 9.47 Å². The highest BCUT2D eigenvalue weighted by Crippen LogP contribution is 2.36. The third-order valence-corrected chi connectivity index (χ3v) is 4.25. The van der Waals surface area contributed by atoms with Crippen LogP contribution in [0.25, 0.3) is 6.08 Å². The molecule has 1 unspecified atom stereocenters. The second-order valence-electron chi connectivity index (χ2n) is 5.69. The number of likely N-dealkylation sites (tertiary alicyclic amines) is 1. The lowest BCUT2D eigenvalue weighted by Gasteiger charge is -2.34. The van der Waals surface area contributed by atoms with Crippen LogP contribution in [0.1, 0.15) is 24.8 Å². The van der Waals surface area contributed by atoms with Crippen LogP contribution in [0.2, 0.25) is 0 Å². The first-order chi connectivity index (χ1) is 11.1. The van der Waals surface area contributed by atoms with E-state index < -0.39 is 12.0 Å². The minimum atomic E-state index is -0.947. The quantitative estimate of drug-likeness (QED) is 0.922. The monoisotopic (exact) mass is 317 g/mol. The van der Waals surface area contributed by atoms with Crippen LogP contribution in [0, 0.1) is 0 Å². The van der Waals surface area contributed by atoms with Crippen LogP contribution in [0.3, 0.4) is 0 Å². The highest BCUT2D eigenvalue weighted by molar-refractivity contribution is 6.01. The molecule has 1 N–H and O–H groups in total. The van der Waals surface area contributed by atoms with Crippen molar-refractivity contribution in [3.05, 3.63) is 29.3 Å². The zero-order valence-corrected chi connectivity index (χ0v) is 12.9. The summed E-state index contributed by atoms with van der Waals surface area (Å²) in [6, 6.07) is 4.72. The van der Waals surface area contributed by atoms with Gasteiger partial charge in [-0.25, -0.2) is 4.79 Å². The van der Waals surface area contributed by atoms with Gasteiger partial charge in [0.25, 0.3) is 5.91 Å². The Morgan fingerprint density at radius 2 is 2.17 bits per heavy atom. The number of hydrogen-bond acceptors (Lipinski definition) is 4. The second kappa shape index (κ2) is 6.32. The molecular weight excluding hydrogens is 298 g/mol. The molecule has 2 heterocycles. The number of piperidine rings is 1. The normalized spacial score (nSPS) is 20.1. The minimum Gasteiger partial charge on any atom is -0.493 e. The smallest absolute Gasteiger partial charge is 0.326 e. The number of amides is 1. The van der Waals surface area contributed by atoms with Crippen LogP contribution < -0.4 is 9.47 Å². The van der Waals surface area contributed by atoms with Crippen LogP contribution in [-0.4, -0.2) is 48.2 Å². The van der Waals surface area contributed by atoms with E-state index in [1.165, 1.54) is 4.90 Å². The summed E-state index contributed by atoms with van der Waals surface area (Å²) in [6.07, 6.45) is 3.92. The molecule has 3 rings (SSSR count). The number of carboxylic acid groups (broad SMARTS) is 1. The largest absolute Gasteiger partial charge is 0.493 e. The number of carboxylic acids is 1. The average molecular weight is 317 g/mol. The zero-order chi connectivity index (χ0) is 16.4. The molecule has 2 aliphatic heterocycles. The van der Waals surface area contributed by atoms with E-state index in [1.54, 1.807) is 19.3 Å². The van der Waals surface area contributed by atoms with Crippen molar-refractivity contribution in [2.45, 2.75) is 25.3 Å². The zero-order valence-electron chi connectivity index (χ0n) is 12.9. The number of nitrogens with zero attached hydrogens (tertiary/aromatic N) is 1. The van der Waals surface area contributed by atoms with Gasteiger partial charge >= 0.3 is 5.97 Å². The van der Waals surface area contributed by atoms with Crippen LogP contribution >= 0.6 is 0 Å². The van der Waals surface area contributed by atoms with Gasteiger partial charge in [0.05, 0.1) is 12.7 Å². The first kappa shape index (κ1) is 15.4. The fourth-order valence-corrected chi connectivity index (χ4v) is 3.08. The van der Waals surface area contributed by atoms with E-state index in [-0.39, 0.29) is 12.5 Å². The fourth-order valence-electron chi connectivity index (χ4n) is 3.08. The Labute approximate surface area is 134 Å². The van der Waals surface area contributed by atoms with Crippen molar-refractivity contribution >= 4 is 18.0 Å². The minimum absolute atomic E-state index is 0.120. The van der Waals surface area contributed by atoms with Gasteiger partial charge in [-0.3, -0.25) is 4.79 Å². The first-order valence-corrected chi connectivity index (χ1v) is 7.66. The predicted octanol–water partition coefficient (Wildman–Crippen LogP) is 1.94. The van der Waals surface area contributed by atoms with Crippen molar-refractivity contribution in [1.82, 2.24) is 4.90 Å². The molecule has 2 aliphatic rings. The van der Waals surface area contributed by atoms with Crippen LogP contribution in [0.5, 0.6) is 11.5 Å². The standard InChI is InChI=1S/C17H19NO5/c1-22-14-7-4-5-11-9-12(10-23-15(11)14)16(19)18-8-3-2-6-13(18)17(20)21/h4-5,7,9,13H,2-3,6,8,10H2,1H3,(H,20,21). The number of carbonyl (C=O) groups is 2. The SMILES string of the molecule is COc1cccc2c1OCC(C(=O)N1CCCCC1C(=O)O)=C2. The number of hydrogen-bond donors (Lipinski definition) is 1. The van der Waals surface area contributed by atoms with Crippen molar-refractivity contribution in [3.8, 4) is 11.5 Å². The lowest BCUT2D eigenvalue weighted by Crippen LogP contribution is -2.49. The van der Waals surface area contributed by atoms with Gasteiger partial charge in [-0.1, -0.05) is 12.1 Å². The summed E-state index contributed by atoms with van der Waals surface area (Å²) >= 11 is 0. The molecule has 0 spiro atoms. The Kier molecular flexibility index (Phi) is 4.23. The van der Waals surface area contributed by atoms with Crippen molar-refractivity contribution < 1.29 is 24.2 Å². The van der Waals surface area contributed by atoms with Gasteiger partial charge in [-0.2, -0.15) is 0 Å². The third kappa shape index (κ3) is 2.88. The highest BCUT2D eigenvalue weighted by Gasteiger charge is 2.34. The van der Waals surface area contributed by atoms with Crippen LogP contribution in [0.4, 0.5) is 0 Å². The van der Waals surface area contributed by atoms with Crippen molar-refractivity contribution in [3.63, 3.8) is 0 Å². The Hall–Kier alpha value is -2.50. The van der Waals surface area contributed by atoms with Crippen molar-refractivity contribution in [1.29, 1.82) is 0 Å². The maximum Gasteiger partial charge on any atom is 0.326 e. The lowest BCUT2D eigenvalue weighted by molar-refractivity contribution is -0.150. The molecule has 1 fully saturated rings. The molecular formula is C17H19NO5. The Bertz CT molecular complexity index is 667. The van der Waals surface area contributed by atoms with Crippen LogP contribution in [-0.2, 0) is 9.59 Å². The van der Waals surface area contributed by atoms with E-state index in [9.17, 15) is 14.7 Å². The molecule has 1 aromatic carbocycles. The summed E-state index contributed by atoms with van der Waals surface area (Å²) < 4.78 is 10.9. The summed E-state index contributed by atoms with van der Waals surface area (Å²) in [5, 5.41) is 9.32. The Morgan fingerprint density at radius 3 is 2.91 bits per heavy atom. The number of carbonyl (C=O) groups excluding carboxylic acids is 1. The van der Waals surface area contributed by atoms with Gasteiger partial charge in [0.1, 0.15) is 12.6 Å². The maximum atomic E-state index is 12.7. The predicted molar refractivity (Wildman–Crippen MR) is 83.5 cm³/mol. The first-order valence-electron chi connectivity index (χ1n) is 7.66. The topological polar surface area (TPSA) is 76.1 Å². The molecule has 0 bridgehead atoms. The lowest BCUT2D eigenvalue weighted by atomic mass is 9.99. The van der Waals surface area contributed by atoms with E-state index in [0.29, 0.717) is 30.0 Å².